The second kappa shape index (κ2) is 5.66. The Morgan fingerprint density at radius 1 is 1.47 bits per heavy atom. The van der Waals surface area contributed by atoms with Crippen molar-refractivity contribution >= 4 is 17.3 Å². The number of benzene rings is 1. The fraction of sp³-hybridized carbons (Fsp3) is 0.417. The van der Waals surface area contributed by atoms with E-state index in [9.17, 15) is 20.0 Å². The van der Waals surface area contributed by atoms with Crippen LogP contribution in [0.5, 0.6) is 5.75 Å². The molecule has 0 saturated carbocycles. The summed E-state index contributed by atoms with van der Waals surface area (Å²) in [6, 6.07) is 3.33. The molecule has 1 fully saturated rings. The standard InChI is InChI=1S/C12H15N3O4/c16-8-4-5-9(11(7-8)15(18)19)14-12(17)10-3-1-2-6-13-10/h4-5,7,10,13,16H,1-3,6H2,(H,14,17)/t10-/m0/s1. The summed E-state index contributed by atoms with van der Waals surface area (Å²) in [5.41, 5.74) is -0.218. The van der Waals surface area contributed by atoms with Gasteiger partial charge in [0.2, 0.25) is 5.91 Å². The van der Waals surface area contributed by atoms with Crippen LogP contribution in [0.2, 0.25) is 0 Å². The summed E-state index contributed by atoms with van der Waals surface area (Å²) >= 11 is 0. The highest BCUT2D eigenvalue weighted by Gasteiger charge is 2.23. The molecule has 0 unspecified atom stereocenters. The number of nitro benzene ring substituents is 1. The summed E-state index contributed by atoms with van der Waals surface area (Å²) in [4.78, 5) is 22.2. The van der Waals surface area contributed by atoms with E-state index in [1.54, 1.807) is 0 Å². The van der Waals surface area contributed by atoms with E-state index in [4.69, 9.17) is 0 Å². The van der Waals surface area contributed by atoms with Gasteiger partial charge >= 0.3 is 0 Å². The fourth-order valence-electron chi connectivity index (χ4n) is 2.07. The number of aromatic hydroxyl groups is 1. The van der Waals surface area contributed by atoms with Gasteiger partial charge in [0, 0.05) is 0 Å². The predicted octanol–water partition coefficient (Wildman–Crippen LogP) is 1.38. The molecule has 0 radical (unpaired) electrons. The van der Waals surface area contributed by atoms with E-state index < -0.39 is 4.92 Å². The van der Waals surface area contributed by atoms with Crippen molar-refractivity contribution in [3.05, 3.63) is 28.3 Å². The first-order chi connectivity index (χ1) is 9.08. The lowest BCUT2D eigenvalue weighted by molar-refractivity contribution is -0.384. The molecule has 1 aliphatic heterocycles. The zero-order chi connectivity index (χ0) is 13.8. The summed E-state index contributed by atoms with van der Waals surface area (Å²) in [7, 11) is 0. The highest BCUT2D eigenvalue weighted by Crippen LogP contribution is 2.28. The molecular formula is C12H15N3O4. The number of nitrogens with one attached hydrogen (secondary N) is 2. The second-order valence-electron chi connectivity index (χ2n) is 4.45. The van der Waals surface area contributed by atoms with E-state index in [-0.39, 0.29) is 29.1 Å². The van der Waals surface area contributed by atoms with Crippen molar-refractivity contribution < 1.29 is 14.8 Å². The number of hydrogen-bond acceptors (Lipinski definition) is 5. The first-order valence-corrected chi connectivity index (χ1v) is 6.09. The van der Waals surface area contributed by atoms with Gasteiger partial charge in [-0.05, 0) is 31.5 Å². The van der Waals surface area contributed by atoms with Gasteiger partial charge in [-0.2, -0.15) is 0 Å². The van der Waals surface area contributed by atoms with Crippen LogP contribution in [0.4, 0.5) is 11.4 Å². The quantitative estimate of drug-likeness (QED) is 0.435. The Hall–Kier alpha value is -2.15. The zero-order valence-electron chi connectivity index (χ0n) is 10.3. The molecule has 3 N–H and O–H groups in total. The Bertz CT molecular complexity index is 498. The number of phenolic OH excluding ortho intramolecular Hbond substituents is 1. The van der Waals surface area contributed by atoms with Crippen LogP contribution in [0, 0.1) is 10.1 Å². The topological polar surface area (TPSA) is 104 Å². The van der Waals surface area contributed by atoms with Crippen LogP contribution in [-0.2, 0) is 4.79 Å². The molecule has 1 aliphatic rings. The van der Waals surface area contributed by atoms with E-state index in [1.807, 2.05) is 0 Å². The number of carbonyl (C=O) groups excluding carboxylic acids is 1. The molecule has 7 nitrogen and oxygen atoms in total. The zero-order valence-corrected chi connectivity index (χ0v) is 10.3. The van der Waals surface area contributed by atoms with Gasteiger partial charge in [-0.15, -0.1) is 0 Å². The number of rotatable bonds is 3. The molecule has 0 aromatic heterocycles. The molecule has 0 aliphatic carbocycles. The largest absolute Gasteiger partial charge is 0.508 e. The van der Waals surface area contributed by atoms with Crippen molar-refractivity contribution in [2.45, 2.75) is 25.3 Å². The van der Waals surface area contributed by atoms with Crippen molar-refractivity contribution in [1.29, 1.82) is 0 Å². The van der Waals surface area contributed by atoms with Crippen molar-refractivity contribution in [3.63, 3.8) is 0 Å². The highest BCUT2D eigenvalue weighted by atomic mass is 16.6. The summed E-state index contributed by atoms with van der Waals surface area (Å²) in [6.07, 6.45) is 2.71. The Balaban J connectivity index is 2.13. The lowest BCUT2D eigenvalue weighted by Gasteiger charge is -2.22. The maximum absolute atomic E-state index is 12.0. The summed E-state index contributed by atoms with van der Waals surface area (Å²) in [5.74, 6) is -0.492. The minimum absolute atomic E-state index is 0.0974. The van der Waals surface area contributed by atoms with Crippen molar-refractivity contribution in [2.24, 2.45) is 0 Å². The Morgan fingerprint density at radius 2 is 2.26 bits per heavy atom. The van der Waals surface area contributed by atoms with E-state index in [2.05, 4.69) is 10.6 Å². The third kappa shape index (κ3) is 3.19. The van der Waals surface area contributed by atoms with Crippen LogP contribution in [0.3, 0.4) is 0 Å². The van der Waals surface area contributed by atoms with Gasteiger partial charge in [0.15, 0.2) is 0 Å². The third-order valence-electron chi connectivity index (χ3n) is 3.06. The molecule has 0 bridgehead atoms. The molecule has 7 heteroatoms. The molecule has 1 amide bonds. The molecule has 1 aromatic rings. The smallest absolute Gasteiger partial charge is 0.296 e. The molecular weight excluding hydrogens is 250 g/mol. The monoisotopic (exact) mass is 265 g/mol. The minimum Gasteiger partial charge on any atom is -0.508 e. The van der Waals surface area contributed by atoms with Crippen molar-refractivity contribution in [1.82, 2.24) is 5.32 Å². The Labute approximate surface area is 109 Å². The minimum atomic E-state index is -0.635. The average molecular weight is 265 g/mol. The number of carbonyl (C=O) groups is 1. The highest BCUT2D eigenvalue weighted by molar-refractivity contribution is 5.96. The number of anilines is 1. The number of nitrogens with zero attached hydrogens (tertiary/aromatic N) is 1. The summed E-state index contributed by atoms with van der Waals surface area (Å²) in [5, 5.41) is 25.7. The van der Waals surface area contributed by atoms with Gasteiger partial charge in [-0.3, -0.25) is 14.9 Å². The van der Waals surface area contributed by atoms with E-state index in [0.29, 0.717) is 0 Å². The first kappa shape index (κ1) is 13.3. The van der Waals surface area contributed by atoms with Gasteiger partial charge in [-0.25, -0.2) is 0 Å². The molecule has 2 rings (SSSR count). The molecule has 102 valence electrons. The van der Waals surface area contributed by atoms with Gasteiger partial charge in [0.1, 0.15) is 11.4 Å². The van der Waals surface area contributed by atoms with Gasteiger partial charge in [-0.1, -0.05) is 6.42 Å². The lowest BCUT2D eigenvalue weighted by atomic mass is 10.0. The van der Waals surface area contributed by atoms with Gasteiger partial charge in [0.05, 0.1) is 17.0 Å². The molecule has 1 atom stereocenters. The summed E-state index contributed by atoms with van der Waals surface area (Å²) in [6.45, 7) is 0.774. The molecule has 0 spiro atoms. The summed E-state index contributed by atoms with van der Waals surface area (Å²) < 4.78 is 0. The maximum atomic E-state index is 12.0. The SMILES string of the molecule is O=C(Nc1ccc(O)cc1[N+](=O)[O-])[C@@H]1CCCCN1. The first-order valence-electron chi connectivity index (χ1n) is 6.09. The van der Waals surface area contributed by atoms with Crippen LogP contribution in [0.1, 0.15) is 19.3 Å². The molecule has 1 heterocycles. The normalized spacial score (nSPS) is 18.8. The molecule has 1 aromatic carbocycles. The van der Waals surface area contributed by atoms with Crippen molar-refractivity contribution in [3.8, 4) is 5.75 Å². The van der Waals surface area contributed by atoms with Crippen LogP contribution < -0.4 is 10.6 Å². The molecule has 1 saturated heterocycles. The second-order valence-corrected chi connectivity index (χ2v) is 4.45. The maximum Gasteiger partial charge on any atom is 0.296 e. The van der Waals surface area contributed by atoms with Crippen LogP contribution in [0.15, 0.2) is 18.2 Å². The Morgan fingerprint density at radius 3 is 2.89 bits per heavy atom. The van der Waals surface area contributed by atoms with Crippen LogP contribution >= 0.6 is 0 Å². The van der Waals surface area contributed by atoms with E-state index >= 15 is 0 Å². The Kier molecular flexibility index (Phi) is 3.96. The third-order valence-corrected chi connectivity index (χ3v) is 3.06. The van der Waals surface area contributed by atoms with E-state index in [0.717, 1.165) is 31.9 Å². The lowest BCUT2D eigenvalue weighted by Crippen LogP contribution is -2.43. The van der Waals surface area contributed by atoms with Crippen LogP contribution in [0.25, 0.3) is 0 Å². The number of phenols is 1. The van der Waals surface area contributed by atoms with Crippen molar-refractivity contribution in [2.75, 3.05) is 11.9 Å². The van der Waals surface area contributed by atoms with Crippen LogP contribution in [-0.4, -0.2) is 28.5 Å². The average Bonchev–Trinajstić information content (AvgIpc) is 2.41. The van der Waals surface area contributed by atoms with Gasteiger partial charge in [0.25, 0.3) is 5.69 Å². The van der Waals surface area contributed by atoms with Gasteiger partial charge < -0.3 is 15.7 Å². The number of hydrogen-bond donors (Lipinski definition) is 3. The number of piperidine rings is 1. The number of amides is 1. The number of nitro groups is 1. The van der Waals surface area contributed by atoms with E-state index in [1.165, 1.54) is 12.1 Å². The molecule has 19 heavy (non-hydrogen) atoms. The fourth-order valence-corrected chi connectivity index (χ4v) is 2.07. The predicted molar refractivity (Wildman–Crippen MR) is 69.0 cm³/mol.